The summed E-state index contributed by atoms with van der Waals surface area (Å²) in [7, 11) is 0. The first-order chi connectivity index (χ1) is 12.0. The molecule has 3 heteroatoms. The van der Waals surface area contributed by atoms with Crippen molar-refractivity contribution in [1.82, 2.24) is 10.3 Å². The quantitative estimate of drug-likeness (QED) is 0.616. The zero-order valence-electron chi connectivity index (χ0n) is 15.3. The zero-order valence-corrected chi connectivity index (χ0v) is 15.3. The van der Waals surface area contributed by atoms with E-state index in [-0.39, 0.29) is 0 Å². The van der Waals surface area contributed by atoms with Gasteiger partial charge in [-0.25, -0.2) is 5.01 Å². The van der Waals surface area contributed by atoms with E-state index in [2.05, 4.69) is 36.7 Å². The second-order valence-electron chi connectivity index (χ2n) is 6.51. The lowest BCUT2D eigenvalue weighted by atomic mass is 9.87. The highest BCUT2D eigenvalue weighted by molar-refractivity contribution is 6.11. The summed E-state index contributed by atoms with van der Waals surface area (Å²) >= 11 is 0. The van der Waals surface area contributed by atoms with Gasteiger partial charge in [0.1, 0.15) is 0 Å². The van der Waals surface area contributed by atoms with Crippen LogP contribution in [0, 0.1) is 5.92 Å². The smallest absolute Gasteiger partial charge is 0.0912 e. The lowest BCUT2D eigenvalue weighted by Crippen LogP contribution is -2.22. The van der Waals surface area contributed by atoms with Crippen LogP contribution in [0.25, 0.3) is 0 Å². The van der Waals surface area contributed by atoms with Crippen molar-refractivity contribution in [3.05, 3.63) is 85.6 Å². The van der Waals surface area contributed by atoms with E-state index in [1.807, 2.05) is 31.4 Å². The van der Waals surface area contributed by atoms with Crippen molar-refractivity contribution in [2.75, 3.05) is 0 Å². The van der Waals surface area contributed by atoms with Crippen LogP contribution in [-0.4, -0.2) is 10.7 Å². The van der Waals surface area contributed by atoms with Crippen LogP contribution >= 0.6 is 0 Å². The molecule has 3 nitrogen and oxygen atoms in total. The van der Waals surface area contributed by atoms with Gasteiger partial charge in [-0.2, -0.15) is 5.10 Å². The van der Waals surface area contributed by atoms with Crippen LogP contribution in [0.2, 0.25) is 0 Å². The summed E-state index contributed by atoms with van der Waals surface area (Å²) in [5.74, 6) is 0.573. The molecule has 1 aliphatic heterocycles. The van der Waals surface area contributed by atoms with Crippen LogP contribution in [0.3, 0.4) is 0 Å². The molecule has 0 radical (unpaired) electrons. The normalized spacial score (nSPS) is 19.5. The highest BCUT2D eigenvalue weighted by atomic mass is 15.5. The van der Waals surface area contributed by atoms with E-state index in [1.165, 1.54) is 32.1 Å². The molecule has 0 unspecified atom stereocenters. The Labute approximate surface area is 152 Å². The first-order valence-electron chi connectivity index (χ1n) is 8.89. The largest absolute Gasteiger partial charge is 0.362 e. The Morgan fingerprint density at radius 2 is 1.96 bits per heavy atom. The van der Waals surface area contributed by atoms with E-state index in [0.717, 1.165) is 28.4 Å². The highest BCUT2D eigenvalue weighted by Crippen LogP contribution is 2.28. The van der Waals surface area contributed by atoms with Crippen LogP contribution in [0.5, 0.6) is 0 Å². The standard InChI is InChI=1S/C22H29N3/c1-6-11-20(7-2)22-15-14-18(4)25(24-22)16-17(3)23-19(5)21-12-9-8-10-13-21/h6-7,11,14-16,21,23H,1-2,4-5,8-10,12-13H2,3H3/b17-16+,20-11+. The summed E-state index contributed by atoms with van der Waals surface area (Å²) in [6.07, 6.45) is 17.7. The molecule has 2 aliphatic rings. The molecule has 2 rings (SSSR count). The van der Waals surface area contributed by atoms with E-state index in [9.17, 15) is 0 Å². The predicted octanol–water partition coefficient (Wildman–Crippen LogP) is 5.57. The molecule has 1 heterocycles. The topological polar surface area (TPSA) is 27.6 Å². The Bertz CT molecular complexity index is 667. The minimum atomic E-state index is 0.573. The van der Waals surface area contributed by atoms with Gasteiger partial charge in [0.25, 0.3) is 0 Å². The second kappa shape index (κ2) is 9.07. The van der Waals surface area contributed by atoms with Gasteiger partial charge in [0.2, 0.25) is 0 Å². The van der Waals surface area contributed by atoms with Gasteiger partial charge in [0.05, 0.1) is 11.4 Å². The van der Waals surface area contributed by atoms with Crippen LogP contribution in [0.4, 0.5) is 0 Å². The highest BCUT2D eigenvalue weighted by Gasteiger charge is 2.17. The van der Waals surface area contributed by atoms with E-state index < -0.39 is 0 Å². The molecule has 25 heavy (non-hydrogen) atoms. The zero-order chi connectivity index (χ0) is 18.2. The van der Waals surface area contributed by atoms with Crippen LogP contribution in [-0.2, 0) is 0 Å². The van der Waals surface area contributed by atoms with Gasteiger partial charge in [0, 0.05) is 23.2 Å². The minimum Gasteiger partial charge on any atom is -0.362 e. The van der Waals surface area contributed by atoms with Gasteiger partial charge < -0.3 is 5.32 Å². The van der Waals surface area contributed by atoms with E-state index in [4.69, 9.17) is 0 Å². The van der Waals surface area contributed by atoms with Crippen molar-refractivity contribution in [3.63, 3.8) is 0 Å². The van der Waals surface area contributed by atoms with E-state index in [0.29, 0.717) is 5.92 Å². The maximum Gasteiger partial charge on any atom is 0.0912 e. The van der Waals surface area contributed by atoms with Crippen LogP contribution in [0.1, 0.15) is 39.0 Å². The van der Waals surface area contributed by atoms with Gasteiger partial charge in [-0.15, -0.1) is 0 Å². The number of hydrogen-bond acceptors (Lipinski definition) is 3. The average Bonchev–Trinajstić information content (AvgIpc) is 2.62. The summed E-state index contributed by atoms with van der Waals surface area (Å²) in [6.45, 7) is 17.9. The number of hydrogen-bond donors (Lipinski definition) is 1. The number of nitrogens with one attached hydrogen (secondary N) is 1. The van der Waals surface area contributed by atoms with Gasteiger partial charge in [-0.1, -0.05) is 63.8 Å². The SMILES string of the molecule is C=C/C=C(\C=C)C1=NN(/C=C(\C)NC(=C)C2CCCCC2)C(=C)C=C1. The molecule has 1 N–H and O–H groups in total. The van der Waals surface area contributed by atoms with Crippen molar-refractivity contribution >= 4 is 5.71 Å². The summed E-state index contributed by atoms with van der Waals surface area (Å²) in [6, 6.07) is 0. The fourth-order valence-corrected chi connectivity index (χ4v) is 3.14. The van der Waals surface area contributed by atoms with Gasteiger partial charge >= 0.3 is 0 Å². The molecule has 0 aromatic rings. The molecule has 132 valence electrons. The summed E-state index contributed by atoms with van der Waals surface area (Å²) < 4.78 is 0. The number of rotatable bonds is 7. The minimum absolute atomic E-state index is 0.573. The lowest BCUT2D eigenvalue weighted by molar-refractivity contribution is 0.391. The van der Waals surface area contributed by atoms with Crippen molar-refractivity contribution in [3.8, 4) is 0 Å². The third-order valence-corrected chi connectivity index (χ3v) is 4.53. The molecule has 1 fully saturated rings. The molecule has 0 bridgehead atoms. The van der Waals surface area contributed by atoms with Crippen molar-refractivity contribution in [2.45, 2.75) is 39.0 Å². The van der Waals surface area contributed by atoms with E-state index >= 15 is 0 Å². The Hall–Kier alpha value is -2.55. The molecule has 1 saturated carbocycles. The van der Waals surface area contributed by atoms with E-state index in [1.54, 1.807) is 17.2 Å². The maximum absolute atomic E-state index is 4.64. The molecular formula is C22H29N3. The molecule has 0 aromatic heterocycles. The maximum atomic E-state index is 4.64. The number of hydrazone groups is 1. The lowest BCUT2D eigenvalue weighted by Gasteiger charge is -2.26. The second-order valence-corrected chi connectivity index (χ2v) is 6.51. The average molecular weight is 335 g/mol. The van der Waals surface area contributed by atoms with Crippen LogP contribution in [0.15, 0.2) is 90.7 Å². The van der Waals surface area contributed by atoms with Gasteiger partial charge in [-0.3, -0.25) is 0 Å². The molecule has 0 saturated heterocycles. The molecule has 1 aliphatic carbocycles. The Balaban J connectivity index is 2.09. The first kappa shape index (κ1) is 18.8. The fraction of sp³-hybridized carbons (Fsp3) is 0.318. The van der Waals surface area contributed by atoms with Crippen molar-refractivity contribution in [1.29, 1.82) is 0 Å². The van der Waals surface area contributed by atoms with Gasteiger partial charge in [-0.05, 0) is 37.8 Å². The third-order valence-electron chi connectivity index (χ3n) is 4.53. The van der Waals surface area contributed by atoms with Crippen molar-refractivity contribution < 1.29 is 0 Å². The molecule has 0 amide bonds. The summed E-state index contributed by atoms with van der Waals surface area (Å²) in [5.41, 5.74) is 4.68. The summed E-state index contributed by atoms with van der Waals surface area (Å²) in [5, 5.41) is 9.87. The molecule has 0 aromatic carbocycles. The molecule has 0 spiro atoms. The van der Waals surface area contributed by atoms with Gasteiger partial charge in [0.15, 0.2) is 0 Å². The fourth-order valence-electron chi connectivity index (χ4n) is 3.14. The van der Waals surface area contributed by atoms with Crippen molar-refractivity contribution in [2.24, 2.45) is 11.0 Å². The molecular weight excluding hydrogens is 306 g/mol. The number of nitrogens with zero attached hydrogens (tertiary/aromatic N) is 2. The Morgan fingerprint density at radius 1 is 1.24 bits per heavy atom. The third kappa shape index (κ3) is 5.21. The molecule has 0 atom stereocenters. The monoisotopic (exact) mass is 335 g/mol. The van der Waals surface area contributed by atoms with Crippen LogP contribution < -0.4 is 5.32 Å². The Morgan fingerprint density at radius 3 is 2.60 bits per heavy atom. The summed E-state index contributed by atoms with van der Waals surface area (Å²) in [4.78, 5) is 0. The predicted molar refractivity (Wildman–Crippen MR) is 109 cm³/mol. The first-order valence-corrected chi connectivity index (χ1v) is 8.89. The Kier molecular flexibility index (Phi) is 6.81. The number of allylic oxidation sites excluding steroid dienone is 8.